The second-order valence-corrected chi connectivity index (χ2v) is 6.24. The van der Waals surface area contributed by atoms with Crippen LogP contribution in [0.3, 0.4) is 0 Å². The Hall–Kier alpha value is -3.28. The summed E-state index contributed by atoms with van der Waals surface area (Å²) < 4.78 is 11.2. The number of hydrogen-bond donors (Lipinski definition) is 2. The largest absolute Gasteiger partial charge is 0.486 e. The van der Waals surface area contributed by atoms with Crippen LogP contribution in [0, 0.1) is 0 Å². The molecule has 0 spiro atoms. The Morgan fingerprint density at radius 1 is 0.889 bits per heavy atom. The van der Waals surface area contributed by atoms with Crippen LogP contribution in [0.15, 0.2) is 54.6 Å². The van der Waals surface area contributed by atoms with E-state index >= 15 is 0 Å². The molecule has 2 heterocycles. The first kappa shape index (κ1) is 17.1. The third kappa shape index (κ3) is 4.11. The van der Waals surface area contributed by atoms with Gasteiger partial charge in [-0.1, -0.05) is 37.3 Å². The van der Waals surface area contributed by atoms with E-state index in [-0.39, 0.29) is 0 Å². The van der Waals surface area contributed by atoms with E-state index in [1.54, 1.807) is 0 Å². The van der Waals surface area contributed by atoms with Crippen molar-refractivity contribution in [2.75, 3.05) is 30.4 Å². The normalized spacial score (nSPS) is 12.5. The molecule has 0 unspecified atom stereocenters. The molecule has 0 bridgehead atoms. The van der Waals surface area contributed by atoms with Crippen LogP contribution in [0.1, 0.15) is 13.3 Å². The van der Waals surface area contributed by atoms with Gasteiger partial charge in [0, 0.05) is 29.9 Å². The predicted molar refractivity (Wildman–Crippen MR) is 107 cm³/mol. The Morgan fingerprint density at radius 3 is 2.48 bits per heavy atom. The van der Waals surface area contributed by atoms with Gasteiger partial charge in [-0.3, -0.25) is 0 Å². The molecule has 0 aliphatic carbocycles. The van der Waals surface area contributed by atoms with Gasteiger partial charge in [0.15, 0.2) is 17.3 Å². The van der Waals surface area contributed by atoms with E-state index in [9.17, 15) is 0 Å². The topological polar surface area (TPSA) is 68.3 Å². The molecule has 1 aliphatic rings. The molecule has 0 saturated carbocycles. The summed E-state index contributed by atoms with van der Waals surface area (Å²) in [6.07, 6.45) is 1.02. The highest BCUT2D eigenvalue weighted by Gasteiger charge is 2.13. The van der Waals surface area contributed by atoms with E-state index in [2.05, 4.69) is 27.5 Å². The lowest BCUT2D eigenvalue weighted by Gasteiger charge is -2.19. The molecule has 1 aromatic heterocycles. The smallest absolute Gasteiger partial charge is 0.163 e. The standard InChI is InChI=1S/C21H22N4O2/c1-2-10-22-19-14-20(25-21(24-19)15-6-4-3-5-7-15)23-16-8-9-17-18(13-16)27-12-11-26-17/h3-9,13-14H,2,10-12H2,1H3,(H2,22,23,24,25). The molecule has 4 rings (SSSR count). The number of anilines is 3. The van der Waals surface area contributed by atoms with Crippen molar-refractivity contribution in [1.29, 1.82) is 0 Å². The number of benzene rings is 2. The van der Waals surface area contributed by atoms with Crippen molar-refractivity contribution in [2.45, 2.75) is 13.3 Å². The fraction of sp³-hybridized carbons (Fsp3) is 0.238. The Labute approximate surface area is 158 Å². The zero-order valence-electron chi connectivity index (χ0n) is 15.2. The maximum absolute atomic E-state index is 5.66. The zero-order chi connectivity index (χ0) is 18.5. The molecule has 0 atom stereocenters. The van der Waals surface area contributed by atoms with Gasteiger partial charge in [0.2, 0.25) is 0 Å². The maximum Gasteiger partial charge on any atom is 0.163 e. The number of ether oxygens (including phenoxy) is 2. The van der Waals surface area contributed by atoms with E-state index in [0.717, 1.165) is 47.4 Å². The molecule has 27 heavy (non-hydrogen) atoms. The number of nitrogens with zero attached hydrogens (tertiary/aromatic N) is 2. The van der Waals surface area contributed by atoms with E-state index in [1.165, 1.54) is 0 Å². The van der Waals surface area contributed by atoms with Crippen LogP contribution >= 0.6 is 0 Å². The lowest BCUT2D eigenvalue weighted by molar-refractivity contribution is 0.171. The number of hydrogen-bond acceptors (Lipinski definition) is 6. The molecule has 2 N–H and O–H groups in total. The number of fused-ring (bicyclic) bond motifs is 1. The Morgan fingerprint density at radius 2 is 1.67 bits per heavy atom. The highest BCUT2D eigenvalue weighted by molar-refractivity contribution is 5.66. The Kier molecular flexibility index (Phi) is 5.05. The van der Waals surface area contributed by atoms with E-state index in [4.69, 9.17) is 9.47 Å². The molecule has 0 fully saturated rings. The SMILES string of the molecule is CCCNc1cc(Nc2ccc3c(c2)OCCO3)nc(-c2ccccc2)n1. The van der Waals surface area contributed by atoms with Gasteiger partial charge >= 0.3 is 0 Å². The van der Waals surface area contributed by atoms with Crippen LogP contribution in [0.4, 0.5) is 17.3 Å². The second-order valence-electron chi connectivity index (χ2n) is 6.24. The summed E-state index contributed by atoms with van der Waals surface area (Å²) >= 11 is 0. The maximum atomic E-state index is 5.66. The second kappa shape index (κ2) is 7.95. The molecule has 1 aliphatic heterocycles. The molecule has 3 aromatic rings. The number of nitrogens with one attached hydrogen (secondary N) is 2. The van der Waals surface area contributed by atoms with Gasteiger partial charge in [0.25, 0.3) is 0 Å². The summed E-state index contributed by atoms with van der Waals surface area (Å²) in [7, 11) is 0. The van der Waals surface area contributed by atoms with E-state index < -0.39 is 0 Å². The van der Waals surface area contributed by atoms with Gasteiger partial charge in [0.05, 0.1) is 0 Å². The van der Waals surface area contributed by atoms with Crippen molar-refractivity contribution < 1.29 is 9.47 Å². The first-order chi connectivity index (χ1) is 13.3. The summed E-state index contributed by atoms with van der Waals surface area (Å²) in [4.78, 5) is 9.33. The minimum atomic E-state index is 0.563. The number of aromatic nitrogens is 2. The molecule has 6 heteroatoms. The Bertz CT molecular complexity index is 915. The molecule has 138 valence electrons. The third-order valence-electron chi connectivity index (χ3n) is 4.13. The van der Waals surface area contributed by atoms with Crippen molar-refractivity contribution in [3.63, 3.8) is 0 Å². The summed E-state index contributed by atoms with van der Waals surface area (Å²) in [5.74, 6) is 3.71. The first-order valence-corrected chi connectivity index (χ1v) is 9.17. The van der Waals surface area contributed by atoms with Gasteiger partial charge in [0.1, 0.15) is 24.8 Å². The lowest BCUT2D eigenvalue weighted by atomic mass is 10.2. The minimum Gasteiger partial charge on any atom is -0.486 e. The monoisotopic (exact) mass is 362 g/mol. The van der Waals surface area contributed by atoms with Gasteiger partial charge in [-0.05, 0) is 18.6 Å². The molecular formula is C21H22N4O2. The molecule has 2 aromatic carbocycles. The van der Waals surface area contributed by atoms with Gasteiger partial charge < -0.3 is 20.1 Å². The fourth-order valence-electron chi connectivity index (χ4n) is 2.84. The van der Waals surface area contributed by atoms with Crippen molar-refractivity contribution in [3.05, 3.63) is 54.6 Å². The summed E-state index contributed by atoms with van der Waals surface area (Å²) in [6, 6.07) is 17.7. The van der Waals surface area contributed by atoms with Crippen LogP contribution in [-0.2, 0) is 0 Å². The lowest BCUT2D eigenvalue weighted by Crippen LogP contribution is -2.15. The Balaban J connectivity index is 1.64. The molecule has 0 saturated heterocycles. The van der Waals surface area contributed by atoms with Crippen molar-refractivity contribution in [3.8, 4) is 22.9 Å². The van der Waals surface area contributed by atoms with Crippen LogP contribution in [0.25, 0.3) is 11.4 Å². The molecule has 0 radical (unpaired) electrons. The van der Waals surface area contributed by atoms with Crippen LogP contribution < -0.4 is 20.1 Å². The van der Waals surface area contributed by atoms with E-state index in [1.807, 2.05) is 54.6 Å². The van der Waals surface area contributed by atoms with Gasteiger partial charge in [-0.25, -0.2) is 9.97 Å². The van der Waals surface area contributed by atoms with E-state index in [0.29, 0.717) is 19.0 Å². The van der Waals surface area contributed by atoms with Crippen LogP contribution in [0.5, 0.6) is 11.5 Å². The molecule has 6 nitrogen and oxygen atoms in total. The molecular weight excluding hydrogens is 340 g/mol. The highest BCUT2D eigenvalue weighted by Crippen LogP contribution is 2.33. The summed E-state index contributed by atoms with van der Waals surface area (Å²) in [6.45, 7) is 4.13. The van der Waals surface area contributed by atoms with Crippen molar-refractivity contribution >= 4 is 17.3 Å². The average molecular weight is 362 g/mol. The quantitative estimate of drug-likeness (QED) is 0.674. The van der Waals surface area contributed by atoms with Crippen molar-refractivity contribution in [1.82, 2.24) is 9.97 Å². The minimum absolute atomic E-state index is 0.563. The number of rotatable bonds is 6. The third-order valence-corrected chi connectivity index (χ3v) is 4.13. The zero-order valence-corrected chi connectivity index (χ0v) is 15.2. The summed E-state index contributed by atoms with van der Waals surface area (Å²) in [5, 5.41) is 6.70. The average Bonchev–Trinajstić information content (AvgIpc) is 2.72. The van der Waals surface area contributed by atoms with Crippen molar-refractivity contribution in [2.24, 2.45) is 0 Å². The summed E-state index contributed by atoms with van der Waals surface area (Å²) in [5.41, 5.74) is 1.86. The highest BCUT2D eigenvalue weighted by atomic mass is 16.6. The van der Waals surface area contributed by atoms with Gasteiger partial charge in [-0.2, -0.15) is 0 Å². The van der Waals surface area contributed by atoms with Crippen LogP contribution in [0.2, 0.25) is 0 Å². The predicted octanol–water partition coefficient (Wildman–Crippen LogP) is 4.48. The molecule has 0 amide bonds. The fourth-order valence-corrected chi connectivity index (χ4v) is 2.84. The first-order valence-electron chi connectivity index (χ1n) is 9.17. The van der Waals surface area contributed by atoms with Crippen LogP contribution in [-0.4, -0.2) is 29.7 Å². The van der Waals surface area contributed by atoms with Gasteiger partial charge in [-0.15, -0.1) is 0 Å².